The van der Waals surface area contributed by atoms with Crippen LogP contribution in [0.5, 0.6) is 28.7 Å². The molecule has 120 valence electrons. The molecule has 0 amide bonds. The molecule has 4 heteroatoms. The summed E-state index contributed by atoms with van der Waals surface area (Å²) in [5, 5.41) is 0. The Hall–Kier alpha value is -3.27. The molecule has 0 saturated heterocycles. The third kappa shape index (κ3) is 3.73. The largest absolute Gasteiger partial charge is 0.496 e. The van der Waals surface area contributed by atoms with E-state index in [2.05, 4.69) is 0 Å². The Labute approximate surface area is 140 Å². The maximum atomic E-state index is 10.9. The maximum Gasteiger partial charge on any atom is 0.153 e. The number of benzene rings is 3. The van der Waals surface area contributed by atoms with Gasteiger partial charge in [-0.25, -0.2) is 0 Å². The molecule has 0 fully saturated rings. The molecule has 0 aromatic heterocycles. The summed E-state index contributed by atoms with van der Waals surface area (Å²) < 4.78 is 16.7. The molecule has 0 atom stereocenters. The summed E-state index contributed by atoms with van der Waals surface area (Å²) in [7, 11) is 1.52. The number of hydrogen-bond acceptors (Lipinski definition) is 4. The standard InChI is InChI=1S/C20H16O4/c1-22-20-13-19(8-7-15(20)14-21)24-18-11-9-17(10-12-18)23-16-5-3-2-4-6-16/h2-14H,1H3. The molecule has 0 radical (unpaired) electrons. The molecular weight excluding hydrogens is 304 g/mol. The topological polar surface area (TPSA) is 44.8 Å². The van der Waals surface area contributed by atoms with E-state index in [0.29, 0.717) is 22.8 Å². The molecule has 0 unspecified atom stereocenters. The van der Waals surface area contributed by atoms with Crippen LogP contribution in [0.15, 0.2) is 72.8 Å². The molecule has 0 bridgehead atoms. The van der Waals surface area contributed by atoms with Crippen molar-refractivity contribution in [1.29, 1.82) is 0 Å². The lowest BCUT2D eigenvalue weighted by molar-refractivity contribution is 0.112. The molecule has 3 aromatic rings. The summed E-state index contributed by atoms with van der Waals surface area (Å²) in [6.45, 7) is 0. The number of hydrogen-bond donors (Lipinski definition) is 0. The molecule has 3 aromatic carbocycles. The second-order valence-corrected chi connectivity index (χ2v) is 5.01. The van der Waals surface area contributed by atoms with Crippen LogP contribution in [0.3, 0.4) is 0 Å². The lowest BCUT2D eigenvalue weighted by atomic mass is 10.2. The number of carbonyl (C=O) groups excluding carboxylic acids is 1. The van der Waals surface area contributed by atoms with Crippen molar-refractivity contribution in [2.75, 3.05) is 7.11 Å². The summed E-state index contributed by atoms with van der Waals surface area (Å²) >= 11 is 0. The average Bonchev–Trinajstić information content (AvgIpc) is 2.64. The van der Waals surface area contributed by atoms with Gasteiger partial charge in [-0.2, -0.15) is 0 Å². The van der Waals surface area contributed by atoms with E-state index in [1.807, 2.05) is 54.6 Å². The van der Waals surface area contributed by atoms with Gasteiger partial charge in [0.05, 0.1) is 12.7 Å². The van der Waals surface area contributed by atoms with E-state index < -0.39 is 0 Å². The fraction of sp³-hybridized carbons (Fsp3) is 0.0500. The predicted octanol–water partition coefficient (Wildman–Crippen LogP) is 5.09. The minimum Gasteiger partial charge on any atom is -0.496 e. The second kappa shape index (κ2) is 7.33. The van der Waals surface area contributed by atoms with Gasteiger partial charge in [0.1, 0.15) is 28.7 Å². The normalized spacial score (nSPS) is 10.0. The van der Waals surface area contributed by atoms with Crippen molar-refractivity contribution >= 4 is 6.29 Å². The van der Waals surface area contributed by atoms with E-state index in [0.717, 1.165) is 17.8 Å². The van der Waals surface area contributed by atoms with Crippen molar-refractivity contribution in [3.63, 3.8) is 0 Å². The monoisotopic (exact) mass is 320 g/mol. The number of ether oxygens (including phenoxy) is 3. The fourth-order valence-corrected chi connectivity index (χ4v) is 2.19. The first-order valence-corrected chi connectivity index (χ1v) is 7.42. The van der Waals surface area contributed by atoms with E-state index in [-0.39, 0.29) is 0 Å². The number of para-hydroxylation sites is 1. The Balaban J connectivity index is 1.71. The van der Waals surface area contributed by atoms with Crippen molar-refractivity contribution in [1.82, 2.24) is 0 Å². The lowest BCUT2D eigenvalue weighted by Gasteiger charge is -2.10. The van der Waals surface area contributed by atoms with Crippen LogP contribution in [-0.4, -0.2) is 13.4 Å². The Bertz CT molecular complexity index is 811. The van der Waals surface area contributed by atoms with Gasteiger partial charge in [-0.15, -0.1) is 0 Å². The first-order chi connectivity index (χ1) is 11.8. The van der Waals surface area contributed by atoms with Crippen molar-refractivity contribution in [3.8, 4) is 28.7 Å². The van der Waals surface area contributed by atoms with Crippen LogP contribution >= 0.6 is 0 Å². The van der Waals surface area contributed by atoms with Gasteiger partial charge in [0.15, 0.2) is 6.29 Å². The summed E-state index contributed by atoms with van der Waals surface area (Å²) in [4.78, 5) is 10.9. The fourth-order valence-electron chi connectivity index (χ4n) is 2.19. The van der Waals surface area contributed by atoms with Gasteiger partial charge in [-0.3, -0.25) is 4.79 Å². The Morgan fingerprint density at radius 3 is 1.83 bits per heavy atom. The van der Waals surface area contributed by atoms with Crippen LogP contribution in [0.4, 0.5) is 0 Å². The molecule has 0 spiro atoms. The predicted molar refractivity (Wildman–Crippen MR) is 91.4 cm³/mol. The SMILES string of the molecule is COc1cc(Oc2ccc(Oc3ccccc3)cc2)ccc1C=O. The van der Waals surface area contributed by atoms with Gasteiger partial charge in [0.25, 0.3) is 0 Å². The molecule has 0 aliphatic heterocycles. The number of methoxy groups -OCH3 is 1. The number of rotatable bonds is 6. The van der Waals surface area contributed by atoms with E-state index in [9.17, 15) is 4.79 Å². The zero-order valence-electron chi connectivity index (χ0n) is 13.1. The van der Waals surface area contributed by atoms with E-state index >= 15 is 0 Å². The van der Waals surface area contributed by atoms with Crippen LogP contribution in [0, 0.1) is 0 Å². The molecule has 24 heavy (non-hydrogen) atoms. The van der Waals surface area contributed by atoms with Gasteiger partial charge >= 0.3 is 0 Å². The van der Waals surface area contributed by atoms with Crippen molar-refractivity contribution in [3.05, 3.63) is 78.4 Å². The molecule has 4 nitrogen and oxygen atoms in total. The molecule has 0 saturated carbocycles. The highest BCUT2D eigenvalue weighted by Crippen LogP contribution is 2.29. The summed E-state index contributed by atoms with van der Waals surface area (Å²) in [6, 6.07) is 21.9. The van der Waals surface area contributed by atoms with Gasteiger partial charge in [-0.1, -0.05) is 18.2 Å². The van der Waals surface area contributed by atoms with E-state index in [1.165, 1.54) is 7.11 Å². The van der Waals surface area contributed by atoms with Crippen LogP contribution in [0.2, 0.25) is 0 Å². The Morgan fingerprint density at radius 2 is 1.25 bits per heavy atom. The van der Waals surface area contributed by atoms with Crippen LogP contribution in [0.1, 0.15) is 10.4 Å². The molecule has 0 heterocycles. The average molecular weight is 320 g/mol. The van der Waals surface area contributed by atoms with Gasteiger partial charge in [-0.05, 0) is 48.5 Å². The highest BCUT2D eigenvalue weighted by molar-refractivity contribution is 5.79. The number of carbonyl (C=O) groups is 1. The summed E-state index contributed by atoms with van der Waals surface area (Å²) in [6.07, 6.45) is 0.748. The van der Waals surface area contributed by atoms with Crippen molar-refractivity contribution in [2.45, 2.75) is 0 Å². The van der Waals surface area contributed by atoms with Crippen LogP contribution < -0.4 is 14.2 Å². The third-order valence-electron chi connectivity index (χ3n) is 3.37. The Morgan fingerprint density at radius 1 is 0.708 bits per heavy atom. The first kappa shape index (κ1) is 15.6. The highest BCUT2D eigenvalue weighted by Gasteiger charge is 2.05. The molecule has 3 rings (SSSR count). The van der Waals surface area contributed by atoms with Crippen molar-refractivity contribution < 1.29 is 19.0 Å². The molecule has 0 aliphatic carbocycles. The number of aldehydes is 1. The van der Waals surface area contributed by atoms with Gasteiger partial charge < -0.3 is 14.2 Å². The lowest BCUT2D eigenvalue weighted by Crippen LogP contribution is -1.92. The highest BCUT2D eigenvalue weighted by atomic mass is 16.5. The summed E-state index contributed by atoms with van der Waals surface area (Å²) in [5.41, 5.74) is 0.483. The van der Waals surface area contributed by atoms with Crippen molar-refractivity contribution in [2.24, 2.45) is 0 Å². The third-order valence-corrected chi connectivity index (χ3v) is 3.37. The molecule has 0 aliphatic rings. The summed E-state index contributed by atoms with van der Waals surface area (Å²) in [5.74, 6) is 3.24. The smallest absolute Gasteiger partial charge is 0.153 e. The Kier molecular flexibility index (Phi) is 4.77. The maximum absolute atomic E-state index is 10.9. The quantitative estimate of drug-likeness (QED) is 0.593. The molecular formula is C20H16O4. The van der Waals surface area contributed by atoms with Gasteiger partial charge in [0, 0.05) is 6.07 Å². The zero-order chi connectivity index (χ0) is 16.8. The minimum atomic E-state index is 0.478. The minimum absolute atomic E-state index is 0.478. The van der Waals surface area contributed by atoms with E-state index in [1.54, 1.807) is 18.2 Å². The van der Waals surface area contributed by atoms with E-state index in [4.69, 9.17) is 14.2 Å². The second-order valence-electron chi connectivity index (χ2n) is 5.01. The van der Waals surface area contributed by atoms with Gasteiger partial charge in [0.2, 0.25) is 0 Å². The van der Waals surface area contributed by atoms with Crippen LogP contribution in [0.25, 0.3) is 0 Å². The first-order valence-electron chi connectivity index (χ1n) is 7.42. The van der Waals surface area contributed by atoms with Crippen LogP contribution in [-0.2, 0) is 0 Å². The zero-order valence-corrected chi connectivity index (χ0v) is 13.1. The molecule has 0 N–H and O–H groups in total.